The van der Waals surface area contributed by atoms with Crippen LogP contribution in [0.1, 0.15) is 44.5 Å². The van der Waals surface area contributed by atoms with Crippen molar-refractivity contribution in [1.29, 1.82) is 0 Å². The Morgan fingerprint density at radius 3 is 2.40 bits per heavy atom. The lowest BCUT2D eigenvalue weighted by molar-refractivity contribution is 0.0421. The number of rotatable bonds is 4. The Morgan fingerprint density at radius 1 is 1.25 bits per heavy atom. The van der Waals surface area contributed by atoms with Crippen molar-refractivity contribution in [1.82, 2.24) is 0 Å². The Balaban J connectivity index is 2.69. The summed E-state index contributed by atoms with van der Waals surface area (Å²) in [6.07, 6.45) is 0.963. The average molecular weight is 338 g/mol. The van der Waals surface area contributed by atoms with Crippen molar-refractivity contribution in [3.8, 4) is 0 Å². The van der Waals surface area contributed by atoms with Gasteiger partial charge in [-0.25, -0.2) is 4.79 Å². The van der Waals surface area contributed by atoms with E-state index in [1.807, 2.05) is 6.92 Å². The predicted octanol–water partition coefficient (Wildman–Crippen LogP) is 5.88. The monoisotopic (exact) mass is 336 g/mol. The minimum Gasteiger partial charge on any atom is -0.462 e. The third kappa shape index (κ3) is 5.51. The van der Waals surface area contributed by atoms with Crippen LogP contribution in [0.4, 0.5) is 0 Å². The second-order valence-corrected chi connectivity index (χ2v) is 7.44. The van der Waals surface area contributed by atoms with E-state index < -0.39 is 5.97 Å². The molecule has 0 aliphatic rings. The molecule has 0 N–H and O–H groups in total. The van der Waals surface area contributed by atoms with E-state index in [9.17, 15) is 4.79 Å². The minimum absolute atomic E-state index is 0.171. The van der Waals surface area contributed by atoms with Gasteiger partial charge in [0.05, 0.1) is 22.2 Å². The molecule has 0 radical (unpaired) electrons. The molecule has 20 heavy (non-hydrogen) atoms. The van der Waals surface area contributed by atoms with E-state index in [2.05, 4.69) is 20.8 Å². The Kier molecular flexibility index (Phi) is 6.18. The van der Waals surface area contributed by atoms with Crippen LogP contribution >= 0.6 is 34.8 Å². The standard InChI is InChI=1S/C15H19Cl3O2/c1-9(7-15(2,3)4)8-20-14(19)11-5-10(16)6-12(17)13(11)18/h5-6,9H,7-8H2,1-4H3. The average Bonchev–Trinajstić information content (AvgIpc) is 2.28. The highest BCUT2D eigenvalue weighted by atomic mass is 35.5. The maximum atomic E-state index is 12.0. The highest BCUT2D eigenvalue weighted by molar-refractivity contribution is 6.45. The largest absolute Gasteiger partial charge is 0.462 e. The smallest absolute Gasteiger partial charge is 0.339 e. The topological polar surface area (TPSA) is 26.3 Å². The summed E-state index contributed by atoms with van der Waals surface area (Å²) in [5.74, 6) is -0.229. The third-order valence-electron chi connectivity index (χ3n) is 2.67. The molecule has 0 saturated heterocycles. The molecule has 1 rings (SSSR count). The molecular formula is C15H19Cl3O2. The quantitative estimate of drug-likeness (QED) is 0.507. The number of benzene rings is 1. The van der Waals surface area contributed by atoms with Crippen LogP contribution in [-0.4, -0.2) is 12.6 Å². The number of hydrogen-bond donors (Lipinski definition) is 0. The van der Waals surface area contributed by atoms with Crippen LogP contribution in [0.15, 0.2) is 12.1 Å². The zero-order chi connectivity index (χ0) is 15.5. The molecular weight excluding hydrogens is 319 g/mol. The summed E-state index contributed by atoms with van der Waals surface area (Å²) in [5.41, 5.74) is 0.398. The van der Waals surface area contributed by atoms with E-state index in [1.165, 1.54) is 12.1 Å². The highest BCUT2D eigenvalue weighted by Gasteiger charge is 2.19. The zero-order valence-electron chi connectivity index (χ0n) is 12.1. The number of ether oxygens (including phenoxy) is 1. The van der Waals surface area contributed by atoms with E-state index in [1.54, 1.807) is 0 Å². The molecule has 1 aromatic carbocycles. The summed E-state index contributed by atoms with van der Waals surface area (Å²) in [6, 6.07) is 2.96. The van der Waals surface area contributed by atoms with Crippen LogP contribution in [0.5, 0.6) is 0 Å². The number of hydrogen-bond acceptors (Lipinski definition) is 2. The highest BCUT2D eigenvalue weighted by Crippen LogP contribution is 2.30. The fourth-order valence-electron chi connectivity index (χ4n) is 2.10. The predicted molar refractivity (Wildman–Crippen MR) is 85.0 cm³/mol. The molecule has 5 heteroatoms. The van der Waals surface area contributed by atoms with Crippen LogP contribution in [0.2, 0.25) is 15.1 Å². The second kappa shape index (κ2) is 7.02. The SMILES string of the molecule is CC(COC(=O)c1cc(Cl)cc(Cl)c1Cl)CC(C)(C)C. The van der Waals surface area contributed by atoms with Gasteiger partial charge in [-0.2, -0.15) is 0 Å². The van der Waals surface area contributed by atoms with Gasteiger partial charge in [0, 0.05) is 5.02 Å². The van der Waals surface area contributed by atoms with Gasteiger partial charge < -0.3 is 4.74 Å². The molecule has 0 bridgehead atoms. The zero-order valence-corrected chi connectivity index (χ0v) is 14.4. The first-order valence-corrected chi connectivity index (χ1v) is 7.55. The van der Waals surface area contributed by atoms with Crippen molar-refractivity contribution in [2.45, 2.75) is 34.1 Å². The molecule has 0 aliphatic heterocycles. The third-order valence-corrected chi connectivity index (χ3v) is 3.69. The first-order chi connectivity index (χ1) is 9.10. The summed E-state index contributed by atoms with van der Waals surface area (Å²) < 4.78 is 5.29. The van der Waals surface area contributed by atoms with E-state index >= 15 is 0 Å². The van der Waals surface area contributed by atoms with Gasteiger partial charge in [0.1, 0.15) is 0 Å². The van der Waals surface area contributed by atoms with Gasteiger partial charge in [0.15, 0.2) is 0 Å². The first kappa shape index (κ1) is 17.6. The molecule has 112 valence electrons. The number of carbonyl (C=O) groups excluding carboxylic acids is 1. The van der Waals surface area contributed by atoms with Gasteiger partial charge >= 0.3 is 5.97 Å². The van der Waals surface area contributed by atoms with Crippen molar-refractivity contribution >= 4 is 40.8 Å². The van der Waals surface area contributed by atoms with Crippen LogP contribution in [0.25, 0.3) is 0 Å². The lowest BCUT2D eigenvalue weighted by Gasteiger charge is -2.23. The summed E-state index contributed by atoms with van der Waals surface area (Å²) in [5, 5.41) is 0.771. The Bertz CT molecular complexity index is 493. The Hall–Kier alpha value is -0.440. The van der Waals surface area contributed by atoms with E-state index in [0.717, 1.165) is 6.42 Å². The van der Waals surface area contributed by atoms with Crippen LogP contribution < -0.4 is 0 Å². The maximum absolute atomic E-state index is 12.0. The van der Waals surface area contributed by atoms with E-state index in [0.29, 0.717) is 11.6 Å². The lowest BCUT2D eigenvalue weighted by Crippen LogP contribution is -2.18. The normalized spacial score (nSPS) is 13.2. The maximum Gasteiger partial charge on any atom is 0.339 e. The molecule has 0 fully saturated rings. The fraction of sp³-hybridized carbons (Fsp3) is 0.533. The van der Waals surface area contributed by atoms with Crippen LogP contribution in [-0.2, 0) is 4.74 Å². The molecule has 0 heterocycles. The lowest BCUT2D eigenvalue weighted by atomic mass is 9.86. The van der Waals surface area contributed by atoms with E-state index in [-0.39, 0.29) is 26.9 Å². The van der Waals surface area contributed by atoms with Crippen molar-refractivity contribution in [2.75, 3.05) is 6.61 Å². The molecule has 0 saturated carbocycles. The Morgan fingerprint density at radius 2 is 1.85 bits per heavy atom. The van der Waals surface area contributed by atoms with Gasteiger partial charge in [0.2, 0.25) is 0 Å². The summed E-state index contributed by atoms with van der Waals surface area (Å²) in [6.45, 7) is 8.85. The fourth-order valence-corrected chi connectivity index (χ4v) is 2.78. The molecule has 1 atom stereocenters. The van der Waals surface area contributed by atoms with Gasteiger partial charge in [0.25, 0.3) is 0 Å². The summed E-state index contributed by atoms with van der Waals surface area (Å²) in [7, 11) is 0. The molecule has 2 nitrogen and oxygen atoms in total. The molecule has 0 spiro atoms. The van der Waals surface area contributed by atoms with Crippen molar-refractivity contribution in [3.05, 3.63) is 32.8 Å². The minimum atomic E-state index is -0.500. The Labute approximate surface area is 135 Å². The van der Waals surface area contributed by atoms with Gasteiger partial charge in [-0.15, -0.1) is 0 Å². The first-order valence-electron chi connectivity index (χ1n) is 6.42. The molecule has 0 aliphatic carbocycles. The van der Waals surface area contributed by atoms with E-state index in [4.69, 9.17) is 39.5 Å². The molecule has 1 aromatic rings. The summed E-state index contributed by atoms with van der Waals surface area (Å²) in [4.78, 5) is 12.0. The van der Waals surface area contributed by atoms with Crippen molar-refractivity contribution in [3.63, 3.8) is 0 Å². The number of esters is 1. The summed E-state index contributed by atoms with van der Waals surface area (Å²) >= 11 is 17.7. The van der Waals surface area contributed by atoms with Gasteiger partial charge in [-0.05, 0) is 29.9 Å². The van der Waals surface area contributed by atoms with Crippen molar-refractivity contribution in [2.24, 2.45) is 11.3 Å². The van der Waals surface area contributed by atoms with Gasteiger partial charge in [-0.1, -0.05) is 62.5 Å². The number of carbonyl (C=O) groups is 1. The molecule has 0 amide bonds. The number of halogens is 3. The molecule has 1 unspecified atom stereocenters. The second-order valence-electron chi connectivity index (χ2n) is 6.22. The molecule has 0 aromatic heterocycles. The van der Waals surface area contributed by atoms with Crippen LogP contribution in [0.3, 0.4) is 0 Å². The van der Waals surface area contributed by atoms with Gasteiger partial charge in [-0.3, -0.25) is 0 Å². The van der Waals surface area contributed by atoms with Crippen molar-refractivity contribution < 1.29 is 9.53 Å². The van der Waals surface area contributed by atoms with Crippen LogP contribution in [0, 0.1) is 11.3 Å².